The number of hydrogen-bond acceptors (Lipinski definition) is 2. The lowest BCUT2D eigenvalue weighted by atomic mass is 10.0. The van der Waals surface area contributed by atoms with E-state index in [4.69, 9.17) is 0 Å². The normalized spacial score (nSPS) is 11.7. The molecule has 0 heterocycles. The van der Waals surface area contributed by atoms with E-state index in [9.17, 15) is 9.59 Å². The topological polar surface area (TPSA) is 58.2 Å². The fraction of sp³-hybridized carbons (Fsp3) is 0.200. The van der Waals surface area contributed by atoms with Crippen LogP contribution in [0.5, 0.6) is 0 Å². The van der Waals surface area contributed by atoms with E-state index in [1.807, 2.05) is 61.5 Å². The predicted octanol–water partition coefficient (Wildman–Crippen LogP) is 5.55. The van der Waals surface area contributed by atoms with Crippen LogP contribution in [0.1, 0.15) is 64.6 Å². The summed E-state index contributed by atoms with van der Waals surface area (Å²) in [5.41, 5.74) is 3.80. The maximum Gasteiger partial charge on any atom is 0.255 e. The minimum atomic E-state index is -0.233. The highest BCUT2D eigenvalue weighted by Crippen LogP contribution is 2.24. The van der Waals surface area contributed by atoms with Gasteiger partial charge in [-0.05, 0) is 48.2 Å². The van der Waals surface area contributed by atoms with Gasteiger partial charge in [0.05, 0.1) is 6.04 Å². The average Bonchev–Trinajstić information content (AvgIpc) is 2.74. The molecule has 4 heteroatoms. The van der Waals surface area contributed by atoms with Crippen molar-refractivity contribution in [1.29, 1.82) is 0 Å². The van der Waals surface area contributed by atoms with Crippen molar-refractivity contribution in [2.24, 2.45) is 0 Å². The molecule has 3 aromatic rings. The summed E-state index contributed by atoms with van der Waals surface area (Å²) in [6, 6.07) is 24.2. The van der Waals surface area contributed by atoms with Crippen molar-refractivity contribution in [3.05, 3.63) is 101 Å². The lowest BCUT2D eigenvalue weighted by Gasteiger charge is -2.15. The van der Waals surface area contributed by atoms with Crippen LogP contribution in [0.2, 0.25) is 0 Å². The van der Waals surface area contributed by atoms with Crippen LogP contribution in [-0.4, -0.2) is 11.8 Å². The summed E-state index contributed by atoms with van der Waals surface area (Å²) in [4.78, 5) is 25.4. The minimum Gasteiger partial charge on any atom is -0.346 e. The summed E-state index contributed by atoms with van der Waals surface area (Å²) in [6.45, 7) is 6.11. The smallest absolute Gasteiger partial charge is 0.255 e. The van der Waals surface area contributed by atoms with Gasteiger partial charge in [0.1, 0.15) is 0 Å². The van der Waals surface area contributed by atoms with Crippen LogP contribution in [0.3, 0.4) is 0 Å². The molecule has 0 aliphatic rings. The molecule has 0 radical (unpaired) electrons. The van der Waals surface area contributed by atoms with Crippen LogP contribution in [0, 0.1) is 0 Å². The van der Waals surface area contributed by atoms with E-state index in [-0.39, 0.29) is 17.9 Å². The Morgan fingerprint density at radius 1 is 0.724 bits per heavy atom. The molecule has 0 aromatic heterocycles. The largest absolute Gasteiger partial charge is 0.346 e. The van der Waals surface area contributed by atoms with E-state index >= 15 is 0 Å². The number of anilines is 1. The van der Waals surface area contributed by atoms with Gasteiger partial charge in [-0.1, -0.05) is 68.4 Å². The first kappa shape index (κ1) is 20.3. The molecule has 2 N–H and O–H groups in total. The monoisotopic (exact) mass is 386 g/mol. The van der Waals surface area contributed by atoms with Crippen LogP contribution in [-0.2, 0) is 0 Å². The van der Waals surface area contributed by atoms with Gasteiger partial charge in [-0.2, -0.15) is 0 Å². The maximum atomic E-state index is 12.8. The van der Waals surface area contributed by atoms with E-state index in [1.54, 1.807) is 24.3 Å². The fourth-order valence-corrected chi connectivity index (χ4v) is 3.22. The van der Waals surface area contributed by atoms with E-state index in [2.05, 4.69) is 24.5 Å². The first-order valence-electron chi connectivity index (χ1n) is 9.82. The molecule has 3 rings (SSSR count). The van der Waals surface area contributed by atoms with E-state index in [0.29, 0.717) is 17.0 Å². The summed E-state index contributed by atoms with van der Waals surface area (Å²) in [7, 11) is 0. The third-order valence-electron chi connectivity index (χ3n) is 4.87. The molecule has 29 heavy (non-hydrogen) atoms. The van der Waals surface area contributed by atoms with Gasteiger partial charge in [-0.3, -0.25) is 9.59 Å². The number of rotatable bonds is 6. The van der Waals surface area contributed by atoms with Gasteiger partial charge in [0, 0.05) is 16.8 Å². The highest BCUT2D eigenvalue weighted by molar-refractivity contribution is 6.06. The molecular weight excluding hydrogens is 360 g/mol. The lowest BCUT2D eigenvalue weighted by Crippen LogP contribution is -2.27. The molecule has 2 amide bonds. The van der Waals surface area contributed by atoms with Gasteiger partial charge in [0.15, 0.2) is 0 Å². The van der Waals surface area contributed by atoms with Crippen LogP contribution >= 0.6 is 0 Å². The number of hydrogen-bond donors (Lipinski definition) is 2. The number of amides is 2. The molecule has 0 spiro atoms. The molecule has 148 valence electrons. The van der Waals surface area contributed by atoms with Crippen LogP contribution in [0.25, 0.3) is 0 Å². The number of para-hydroxylation sites is 1. The second-order valence-corrected chi connectivity index (χ2v) is 7.38. The SMILES string of the molecule is CC(C)c1ccccc1NC(=O)c1cccc(C(=O)NC(C)c2ccccc2)c1. The molecule has 0 aliphatic carbocycles. The lowest BCUT2D eigenvalue weighted by molar-refractivity contribution is 0.0940. The Balaban J connectivity index is 1.74. The van der Waals surface area contributed by atoms with Crippen LogP contribution in [0.15, 0.2) is 78.9 Å². The predicted molar refractivity (Wildman–Crippen MR) is 117 cm³/mol. The summed E-state index contributed by atoms with van der Waals surface area (Å²) in [5, 5.41) is 5.95. The van der Waals surface area contributed by atoms with Crippen LogP contribution in [0.4, 0.5) is 5.69 Å². The fourth-order valence-electron chi connectivity index (χ4n) is 3.22. The molecular formula is C25H26N2O2. The highest BCUT2D eigenvalue weighted by Gasteiger charge is 2.15. The number of benzene rings is 3. The maximum absolute atomic E-state index is 12.8. The summed E-state index contributed by atoms with van der Waals surface area (Å²) in [5.74, 6) is -0.148. The number of carbonyl (C=O) groups excluding carboxylic acids is 2. The zero-order chi connectivity index (χ0) is 20.8. The Kier molecular flexibility index (Phi) is 6.45. The summed E-state index contributed by atoms with van der Waals surface area (Å²) in [6.07, 6.45) is 0. The Morgan fingerprint density at radius 3 is 2.03 bits per heavy atom. The van der Waals surface area contributed by atoms with E-state index in [1.165, 1.54) is 0 Å². The second kappa shape index (κ2) is 9.20. The Morgan fingerprint density at radius 2 is 1.34 bits per heavy atom. The zero-order valence-electron chi connectivity index (χ0n) is 17.0. The minimum absolute atomic E-state index is 0.126. The van der Waals surface area contributed by atoms with Gasteiger partial charge in [0.2, 0.25) is 0 Å². The van der Waals surface area contributed by atoms with E-state index < -0.39 is 0 Å². The Labute approximate surface area is 172 Å². The number of nitrogens with one attached hydrogen (secondary N) is 2. The third kappa shape index (κ3) is 5.11. The first-order chi connectivity index (χ1) is 14.0. The van der Waals surface area contributed by atoms with Crippen molar-refractivity contribution in [3.63, 3.8) is 0 Å². The van der Waals surface area contributed by atoms with Crippen molar-refractivity contribution in [2.75, 3.05) is 5.32 Å². The molecule has 0 saturated carbocycles. The average molecular weight is 386 g/mol. The van der Waals surface area contributed by atoms with Gasteiger partial charge in [0.25, 0.3) is 11.8 Å². The molecule has 1 unspecified atom stereocenters. The molecule has 0 aliphatic heterocycles. The quantitative estimate of drug-likeness (QED) is 0.583. The van der Waals surface area contributed by atoms with Gasteiger partial charge in [-0.25, -0.2) is 0 Å². The van der Waals surface area contributed by atoms with Gasteiger partial charge in [-0.15, -0.1) is 0 Å². The second-order valence-electron chi connectivity index (χ2n) is 7.38. The first-order valence-corrected chi connectivity index (χ1v) is 9.82. The summed E-state index contributed by atoms with van der Waals surface area (Å²) < 4.78 is 0. The van der Waals surface area contributed by atoms with Crippen LogP contribution < -0.4 is 10.6 Å². The number of carbonyl (C=O) groups is 2. The molecule has 1 atom stereocenters. The molecule has 3 aromatic carbocycles. The van der Waals surface area contributed by atoms with Crippen molar-refractivity contribution < 1.29 is 9.59 Å². The van der Waals surface area contributed by atoms with Crippen molar-refractivity contribution in [3.8, 4) is 0 Å². The standard InChI is InChI=1S/C25H26N2O2/c1-17(2)22-14-7-8-15-23(22)27-25(29)21-13-9-12-20(16-21)24(28)26-18(3)19-10-5-4-6-11-19/h4-18H,1-3H3,(H,26,28)(H,27,29). The highest BCUT2D eigenvalue weighted by atomic mass is 16.2. The van der Waals surface area contributed by atoms with Crippen molar-refractivity contribution in [1.82, 2.24) is 5.32 Å². The summed E-state index contributed by atoms with van der Waals surface area (Å²) >= 11 is 0. The Bertz CT molecular complexity index is 996. The molecule has 0 fully saturated rings. The molecule has 0 bridgehead atoms. The Hall–Kier alpha value is -3.40. The van der Waals surface area contributed by atoms with Crippen molar-refractivity contribution in [2.45, 2.75) is 32.7 Å². The van der Waals surface area contributed by atoms with Gasteiger partial charge >= 0.3 is 0 Å². The molecule has 0 saturated heterocycles. The van der Waals surface area contributed by atoms with Gasteiger partial charge < -0.3 is 10.6 Å². The third-order valence-corrected chi connectivity index (χ3v) is 4.87. The van der Waals surface area contributed by atoms with E-state index in [0.717, 1.165) is 16.8 Å². The zero-order valence-corrected chi connectivity index (χ0v) is 17.0. The van der Waals surface area contributed by atoms with Crippen molar-refractivity contribution >= 4 is 17.5 Å². The molecule has 4 nitrogen and oxygen atoms in total.